The largest absolute Gasteiger partial charge is 0.478 e. The topological polar surface area (TPSA) is 9.23 Å². The van der Waals surface area contributed by atoms with E-state index in [1.54, 1.807) is 6.07 Å². The fourth-order valence-corrected chi connectivity index (χ4v) is 1.88. The molecule has 1 heterocycles. The summed E-state index contributed by atoms with van der Waals surface area (Å²) in [6.45, 7) is -1.95. The monoisotopic (exact) mass is 250 g/mol. The molecule has 1 aromatic carbocycles. The van der Waals surface area contributed by atoms with Crippen molar-refractivity contribution < 1.29 is 17.9 Å². The lowest BCUT2D eigenvalue weighted by atomic mass is 9.93. The van der Waals surface area contributed by atoms with Crippen LogP contribution in [0, 0.1) is 5.82 Å². The Bertz CT molecular complexity index is 404. The van der Waals surface area contributed by atoms with Crippen LogP contribution >= 0.6 is 11.6 Å². The second-order valence-corrected chi connectivity index (χ2v) is 4.31. The predicted molar refractivity (Wildman–Crippen MR) is 55.0 cm³/mol. The number of halogens is 4. The molecule has 0 N–H and O–H groups in total. The van der Waals surface area contributed by atoms with Crippen LogP contribution in [0.1, 0.15) is 12.0 Å². The van der Waals surface area contributed by atoms with Gasteiger partial charge in [-0.1, -0.05) is 17.7 Å². The maximum absolute atomic E-state index is 13.6. The number of hydrogen-bond donors (Lipinski definition) is 0. The Kier molecular flexibility index (Phi) is 3.02. The maximum atomic E-state index is 13.6. The molecule has 16 heavy (non-hydrogen) atoms. The first kappa shape index (κ1) is 11.6. The number of ether oxygens (including phenoxy) is 1. The van der Waals surface area contributed by atoms with Gasteiger partial charge in [-0.15, -0.1) is 0 Å². The molecule has 1 aromatic rings. The quantitative estimate of drug-likeness (QED) is 0.781. The van der Waals surface area contributed by atoms with E-state index in [2.05, 4.69) is 0 Å². The molecule has 0 spiro atoms. The molecule has 0 aromatic heterocycles. The Morgan fingerprint density at radius 2 is 2.00 bits per heavy atom. The van der Waals surface area contributed by atoms with Gasteiger partial charge in [-0.25, -0.2) is 13.2 Å². The van der Waals surface area contributed by atoms with E-state index in [4.69, 9.17) is 16.3 Å². The smallest absolute Gasteiger partial charge is 0.183 e. The molecule has 0 aliphatic carbocycles. The molecule has 0 radical (unpaired) electrons. The van der Waals surface area contributed by atoms with E-state index in [1.165, 1.54) is 6.07 Å². The maximum Gasteiger partial charge on any atom is 0.183 e. The van der Waals surface area contributed by atoms with Crippen LogP contribution in [0.4, 0.5) is 13.2 Å². The minimum atomic E-state index is -1.54. The van der Waals surface area contributed by atoms with Crippen molar-refractivity contribution in [2.75, 3.05) is 13.3 Å². The number of rotatable bonds is 2. The minimum Gasteiger partial charge on any atom is -0.478 e. The molecule has 0 bridgehead atoms. The van der Waals surface area contributed by atoms with E-state index in [-0.39, 0.29) is 17.2 Å². The van der Waals surface area contributed by atoms with Gasteiger partial charge in [0.05, 0.1) is 5.02 Å². The molecule has 88 valence electrons. The molecule has 0 unspecified atom stereocenters. The van der Waals surface area contributed by atoms with Crippen molar-refractivity contribution in [3.63, 3.8) is 0 Å². The van der Waals surface area contributed by atoms with Crippen molar-refractivity contribution in [2.45, 2.75) is 18.4 Å². The lowest BCUT2D eigenvalue weighted by molar-refractivity contribution is -0.00296. The highest BCUT2D eigenvalue weighted by Crippen LogP contribution is 2.38. The van der Waals surface area contributed by atoms with E-state index >= 15 is 0 Å². The van der Waals surface area contributed by atoms with Crippen molar-refractivity contribution in [3.8, 4) is 5.75 Å². The molecular formula is C11H10ClF3O. The lowest BCUT2D eigenvalue weighted by Gasteiger charge is -2.34. The lowest BCUT2D eigenvalue weighted by Crippen LogP contribution is -2.44. The first-order valence-corrected chi connectivity index (χ1v) is 5.27. The molecule has 0 saturated heterocycles. The van der Waals surface area contributed by atoms with Crippen molar-refractivity contribution >= 4 is 11.6 Å². The number of aryl methyl sites for hydroxylation is 1. The second kappa shape index (κ2) is 4.17. The summed E-state index contributed by atoms with van der Waals surface area (Å²) in [4.78, 5) is 0. The molecule has 5 heteroatoms. The number of fused-ring (bicyclic) bond motifs is 1. The zero-order valence-electron chi connectivity index (χ0n) is 8.40. The van der Waals surface area contributed by atoms with Crippen LogP contribution in [0.25, 0.3) is 0 Å². The molecule has 0 fully saturated rings. The van der Waals surface area contributed by atoms with Crippen molar-refractivity contribution in [1.29, 1.82) is 0 Å². The minimum absolute atomic E-state index is 0.104. The predicted octanol–water partition coefficient (Wildman–Crippen LogP) is 3.48. The van der Waals surface area contributed by atoms with Gasteiger partial charge < -0.3 is 4.74 Å². The Balaban J connectivity index is 2.42. The van der Waals surface area contributed by atoms with Gasteiger partial charge in [-0.05, 0) is 24.5 Å². The number of hydrogen-bond acceptors (Lipinski definition) is 1. The highest BCUT2D eigenvalue weighted by atomic mass is 35.5. The molecule has 1 nitrogen and oxygen atoms in total. The fraction of sp³-hybridized carbons (Fsp3) is 0.455. The van der Waals surface area contributed by atoms with Gasteiger partial charge in [0.2, 0.25) is 0 Å². The average molecular weight is 251 g/mol. The van der Waals surface area contributed by atoms with Crippen LogP contribution in [-0.4, -0.2) is 19.0 Å². The molecule has 0 atom stereocenters. The fourth-order valence-electron chi connectivity index (χ4n) is 1.73. The van der Waals surface area contributed by atoms with Crippen LogP contribution in [0.15, 0.2) is 12.1 Å². The number of alkyl halides is 2. The molecule has 1 aliphatic rings. The zero-order valence-corrected chi connectivity index (χ0v) is 9.16. The number of benzene rings is 1. The zero-order chi connectivity index (χ0) is 11.8. The summed E-state index contributed by atoms with van der Waals surface area (Å²) in [6.07, 6.45) is 0.589. The van der Waals surface area contributed by atoms with E-state index < -0.39 is 24.8 Å². The molecule has 1 aliphatic heterocycles. The summed E-state index contributed by atoms with van der Waals surface area (Å²) in [6, 6.07) is 3.03. The van der Waals surface area contributed by atoms with Crippen LogP contribution in [0.3, 0.4) is 0 Å². The van der Waals surface area contributed by atoms with Gasteiger partial charge in [-0.3, -0.25) is 0 Å². The third kappa shape index (κ3) is 1.75. The summed E-state index contributed by atoms with van der Waals surface area (Å²) in [5, 5.41) is -0.104. The Morgan fingerprint density at radius 3 is 2.62 bits per heavy atom. The summed E-state index contributed by atoms with van der Waals surface area (Å²) >= 11 is 5.58. The van der Waals surface area contributed by atoms with E-state index in [0.29, 0.717) is 12.0 Å². The van der Waals surface area contributed by atoms with Crippen LogP contribution in [0.5, 0.6) is 5.75 Å². The third-order valence-electron chi connectivity index (χ3n) is 2.79. The van der Waals surface area contributed by atoms with Gasteiger partial charge in [0.15, 0.2) is 17.2 Å². The van der Waals surface area contributed by atoms with E-state index in [9.17, 15) is 13.2 Å². The third-order valence-corrected chi connectivity index (χ3v) is 3.08. The molecule has 0 saturated carbocycles. The van der Waals surface area contributed by atoms with Crippen LogP contribution in [-0.2, 0) is 6.42 Å². The first-order chi connectivity index (χ1) is 7.62. The van der Waals surface area contributed by atoms with Gasteiger partial charge in [0, 0.05) is 0 Å². The van der Waals surface area contributed by atoms with Crippen molar-refractivity contribution in [2.24, 2.45) is 0 Å². The summed E-state index contributed by atoms with van der Waals surface area (Å²) in [5.41, 5.74) is -0.946. The van der Waals surface area contributed by atoms with Crippen molar-refractivity contribution in [3.05, 3.63) is 28.5 Å². The summed E-state index contributed by atoms with van der Waals surface area (Å²) < 4.78 is 44.2. The van der Waals surface area contributed by atoms with Gasteiger partial charge in [0.25, 0.3) is 0 Å². The standard InChI is InChI=1S/C11H10ClF3O/c12-8-2-1-7-3-4-11(5-13,6-14)16-10(7)9(8)15/h1-2H,3-6H2. The Labute approximate surface area is 96.2 Å². The van der Waals surface area contributed by atoms with E-state index in [0.717, 1.165) is 0 Å². The van der Waals surface area contributed by atoms with Crippen LogP contribution < -0.4 is 4.74 Å². The Morgan fingerprint density at radius 1 is 1.31 bits per heavy atom. The van der Waals surface area contributed by atoms with Crippen molar-refractivity contribution in [1.82, 2.24) is 0 Å². The summed E-state index contributed by atoms with van der Waals surface area (Å²) in [5.74, 6) is -0.862. The van der Waals surface area contributed by atoms with Gasteiger partial charge in [0.1, 0.15) is 13.3 Å². The SMILES string of the molecule is FCC1(CF)CCc2ccc(Cl)c(F)c2O1. The average Bonchev–Trinajstić information content (AvgIpc) is 2.34. The molecule has 2 rings (SSSR count). The summed E-state index contributed by atoms with van der Waals surface area (Å²) in [7, 11) is 0. The first-order valence-electron chi connectivity index (χ1n) is 4.90. The Hall–Kier alpha value is -0.900. The highest BCUT2D eigenvalue weighted by molar-refractivity contribution is 6.30. The molecule has 0 amide bonds. The second-order valence-electron chi connectivity index (χ2n) is 3.90. The van der Waals surface area contributed by atoms with Gasteiger partial charge in [-0.2, -0.15) is 0 Å². The van der Waals surface area contributed by atoms with E-state index in [1.807, 2.05) is 0 Å². The highest BCUT2D eigenvalue weighted by Gasteiger charge is 2.38. The molecular weight excluding hydrogens is 241 g/mol. The van der Waals surface area contributed by atoms with Crippen LogP contribution in [0.2, 0.25) is 5.02 Å². The normalized spacial score (nSPS) is 17.8. The van der Waals surface area contributed by atoms with Gasteiger partial charge >= 0.3 is 0 Å².